The van der Waals surface area contributed by atoms with Gasteiger partial charge in [0, 0.05) is 5.39 Å². The fourth-order valence-corrected chi connectivity index (χ4v) is 2.22. The predicted molar refractivity (Wildman–Crippen MR) is 76.3 cm³/mol. The van der Waals surface area contributed by atoms with E-state index < -0.39 is 0 Å². The van der Waals surface area contributed by atoms with E-state index in [4.69, 9.17) is 4.74 Å². The van der Waals surface area contributed by atoms with Crippen molar-refractivity contribution in [2.24, 2.45) is 0 Å². The van der Waals surface area contributed by atoms with Crippen molar-refractivity contribution >= 4 is 10.9 Å². The van der Waals surface area contributed by atoms with Gasteiger partial charge in [0.15, 0.2) is 0 Å². The van der Waals surface area contributed by atoms with E-state index in [1.807, 2.05) is 28.9 Å². The van der Waals surface area contributed by atoms with Gasteiger partial charge in [0.2, 0.25) is 0 Å². The number of methoxy groups -OCH3 is 1. The topological polar surface area (TPSA) is 27.1 Å². The second kappa shape index (κ2) is 4.76. The Bertz CT molecular complexity index is 698. The van der Waals surface area contributed by atoms with Crippen LogP contribution in [0.5, 0.6) is 5.75 Å². The van der Waals surface area contributed by atoms with Crippen LogP contribution in [0.2, 0.25) is 0 Å². The molecule has 2 aromatic carbocycles. The zero-order chi connectivity index (χ0) is 13.2. The van der Waals surface area contributed by atoms with Gasteiger partial charge in [0.1, 0.15) is 5.75 Å². The van der Waals surface area contributed by atoms with E-state index in [0.29, 0.717) is 0 Å². The number of ether oxygens (including phenoxy) is 1. The lowest BCUT2D eigenvalue weighted by atomic mass is 10.2. The third-order valence-electron chi connectivity index (χ3n) is 3.23. The highest BCUT2D eigenvalue weighted by molar-refractivity contribution is 5.82. The highest BCUT2D eigenvalue weighted by atomic mass is 16.5. The van der Waals surface area contributed by atoms with Crippen molar-refractivity contribution in [1.82, 2.24) is 9.78 Å². The molecule has 1 radical (unpaired) electrons. The normalized spacial score (nSPS) is 10.8. The molecule has 0 amide bonds. The number of benzene rings is 2. The third-order valence-corrected chi connectivity index (χ3v) is 3.23. The Morgan fingerprint density at radius 2 is 1.84 bits per heavy atom. The summed E-state index contributed by atoms with van der Waals surface area (Å²) in [6.07, 6.45) is 0. The summed E-state index contributed by atoms with van der Waals surface area (Å²) < 4.78 is 7.15. The molecule has 3 aromatic rings. The molecule has 0 spiro atoms. The number of hydrogen-bond acceptors (Lipinski definition) is 2. The minimum absolute atomic E-state index is 0.736. The molecule has 3 heteroatoms. The summed E-state index contributed by atoms with van der Waals surface area (Å²) in [7, 11) is 1.67. The SMILES string of the molecule is [CH2]c1nn(Cc2ccc(OC)cc2)c2ccccc12. The molecule has 0 atom stereocenters. The number of aromatic nitrogens is 2. The zero-order valence-corrected chi connectivity index (χ0v) is 10.8. The molecular weight excluding hydrogens is 236 g/mol. The Labute approximate surface area is 112 Å². The fraction of sp³-hybridized carbons (Fsp3) is 0.125. The molecule has 0 aliphatic rings. The molecule has 0 aliphatic carbocycles. The summed E-state index contributed by atoms with van der Waals surface area (Å²) >= 11 is 0. The number of fused-ring (bicyclic) bond motifs is 1. The predicted octanol–water partition coefficient (Wildman–Crippen LogP) is 3.28. The summed E-state index contributed by atoms with van der Waals surface area (Å²) in [6.45, 7) is 4.72. The highest BCUT2D eigenvalue weighted by Gasteiger charge is 2.06. The van der Waals surface area contributed by atoms with Crippen molar-refractivity contribution in [3.05, 3.63) is 66.7 Å². The lowest BCUT2D eigenvalue weighted by Gasteiger charge is -2.05. The van der Waals surface area contributed by atoms with Crippen molar-refractivity contribution in [2.75, 3.05) is 7.11 Å². The molecule has 3 rings (SSSR count). The number of para-hydroxylation sites is 1. The van der Waals surface area contributed by atoms with Gasteiger partial charge >= 0.3 is 0 Å². The van der Waals surface area contributed by atoms with E-state index in [0.717, 1.165) is 28.9 Å². The van der Waals surface area contributed by atoms with Crippen LogP contribution in [0.4, 0.5) is 0 Å². The van der Waals surface area contributed by atoms with Gasteiger partial charge in [-0.25, -0.2) is 0 Å². The average Bonchev–Trinajstić information content (AvgIpc) is 2.77. The van der Waals surface area contributed by atoms with E-state index in [1.165, 1.54) is 5.56 Å². The maximum atomic E-state index is 5.16. The summed E-state index contributed by atoms with van der Waals surface area (Å²) in [6, 6.07) is 16.2. The van der Waals surface area contributed by atoms with Crippen molar-refractivity contribution in [3.63, 3.8) is 0 Å². The van der Waals surface area contributed by atoms with Gasteiger partial charge in [-0.05, 0) is 30.7 Å². The molecule has 0 bridgehead atoms. The number of rotatable bonds is 3. The third kappa shape index (κ3) is 2.19. The molecule has 0 saturated heterocycles. The molecular formula is C16H15N2O. The van der Waals surface area contributed by atoms with Gasteiger partial charge in [-0.2, -0.15) is 5.10 Å². The summed E-state index contributed by atoms with van der Waals surface area (Å²) in [5.41, 5.74) is 3.13. The Hall–Kier alpha value is -2.29. The van der Waals surface area contributed by atoms with Crippen LogP contribution in [0, 0.1) is 6.92 Å². The standard InChI is InChI=1S/C16H15N2O/c1-12-15-5-3-4-6-16(15)18(17-12)11-13-7-9-14(19-2)10-8-13/h3-10H,1,11H2,2H3. The quantitative estimate of drug-likeness (QED) is 0.714. The van der Waals surface area contributed by atoms with Crippen LogP contribution in [-0.2, 0) is 6.54 Å². The fourth-order valence-electron chi connectivity index (χ4n) is 2.22. The van der Waals surface area contributed by atoms with Gasteiger partial charge in [-0.15, -0.1) is 0 Å². The van der Waals surface area contributed by atoms with E-state index in [2.05, 4.69) is 36.3 Å². The summed E-state index contributed by atoms with van der Waals surface area (Å²) in [5, 5.41) is 5.61. The molecule has 1 aromatic heterocycles. The van der Waals surface area contributed by atoms with E-state index in [-0.39, 0.29) is 0 Å². The lowest BCUT2D eigenvalue weighted by molar-refractivity contribution is 0.414. The molecule has 0 unspecified atom stereocenters. The minimum atomic E-state index is 0.736. The van der Waals surface area contributed by atoms with Crippen LogP contribution in [0.25, 0.3) is 10.9 Å². The van der Waals surface area contributed by atoms with Crippen LogP contribution in [0.1, 0.15) is 11.3 Å². The molecule has 19 heavy (non-hydrogen) atoms. The second-order valence-corrected chi connectivity index (χ2v) is 4.47. The van der Waals surface area contributed by atoms with Crippen molar-refractivity contribution in [1.29, 1.82) is 0 Å². The molecule has 1 heterocycles. The van der Waals surface area contributed by atoms with Gasteiger partial charge < -0.3 is 4.74 Å². The number of hydrogen-bond donors (Lipinski definition) is 0. The Kier molecular flexibility index (Phi) is 2.95. The van der Waals surface area contributed by atoms with E-state index >= 15 is 0 Å². The first kappa shape index (κ1) is 11.8. The zero-order valence-electron chi connectivity index (χ0n) is 10.8. The van der Waals surface area contributed by atoms with E-state index in [1.54, 1.807) is 7.11 Å². The maximum Gasteiger partial charge on any atom is 0.118 e. The molecule has 0 saturated carbocycles. The lowest BCUT2D eigenvalue weighted by Crippen LogP contribution is -2.01. The van der Waals surface area contributed by atoms with Crippen LogP contribution in [0.15, 0.2) is 48.5 Å². The van der Waals surface area contributed by atoms with Gasteiger partial charge in [-0.3, -0.25) is 4.68 Å². The van der Waals surface area contributed by atoms with Crippen LogP contribution in [-0.4, -0.2) is 16.9 Å². The molecule has 0 aliphatic heterocycles. The van der Waals surface area contributed by atoms with Crippen molar-refractivity contribution < 1.29 is 4.74 Å². The molecule has 0 fully saturated rings. The van der Waals surface area contributed by atoms with Crippen LogP contribution >= 0.6 is 0 Å². The second-order valence-electron chi connectivity index (χ2n) is 4.47. The summed E-state index contributed by atoms with van der Waals surface area (Å²) in [5.74, 6) is 0.868. The summed E-state index contributed by atoms with van der Waals surface area (Å²) in [4.78, 5) is 0. The molecule has 3 nitrogen and oxygen atoms in total. The first-order chi connectivity index (χ1) is 9.28. The monoisotopic (exact) mass is 251 g/mol. The minimum Gasteiger partial charge on any atom is -0.497 e. The first-order valence-electron chi connectivity index (χ1n) is 6.18. The maximum absolute atomic E-state index is 5.16. The average molecular weight is 251 g/mol. The molecule has 0 N–H and O–H groups in total. The van der Waals surface area contributed by atoms with Crippen LogP contribution < -0.4 is 4.74 Å². The van der Waals surface area contributed by atoms with Crippen molar-refractivity contribution in [3.8, 4) is 5.75 Å². The number of nitrogens with zero attached hydrogens (tertiary/aromatic N) is 2. The molecule has 95 valence electrons. The smallest absolute Gasteiger partial charge is 0.118 e. The van der Waals surface area contributed by atoms with Crippen molar-refractivity contribution in [2.45, 2.75) is 6.54 Å². The van der Waals surface area contributed by atoms with Gasteiger partial charge in [-0.1, -0.05) is 30.3 Å². The van der Waals surface area contributed by atoms with Gasteiger partial charge in [0.05, 0.1) is 24.9 Å². The Morgan fingerprint density at radius 1 is 1.11 bits per heavy atom. The van der Waals surface area contributed by atoms with Crippen LogP contribution in [0.3, 0.4) is 0 Å². The Balaban J connectivity index is 1.96. The largest absolute Gasteiger partial charge is 0.497 e. The Morgan fingerprint density at radius 3 is 2.58 bits per heavy atom. The van der Waals surface area contributed by atoms with E-state index in [9.17, 15) is 0 Å². The highest BCUT2D eigenvalue weighted by Crippen LogP contribution is 2.19. The van der Waals surface area contributed by atoms with Gasteiger partial charge in [0.25, 0.3) is 0 Å². The first-order valence-corrected chi connectivity index (χ1v) is 6.18.